The van der Waals surface area contributed by atoms with Gasteiger partial charge in [0, 0.05) is 28.7 Å². The zero-order valence-electron chi connectivity index (χ0n) is 13.5. The van der Waals surface area contributed by atoms with Gasteiger partial charge in [-0.3, -0.25) is 0 Å². The third-order valence-electron chi connectivity index (χ3n) is 4.12. The molecule has 4 aromatic rings. The quantitative estimate of drug-likeness (QED) is 0.606. The maximum atomic E-state index is 5.92. The van der Waals surface area contributed by atoms with Crippen molar-refractivity contribution in [2.45, 2.75) is 19.4 Å². The molecule has 0 aliphatic carbocycles. The van der Waals surface area contributed by atoms with Gasteiger partial charge in [0.2, 0.25) is 0 Å². The number of nitrogens with one attached hydrogen (secondary N) is 1. The van der Waals surface area contributed by atoms with Crippen LogP contribution in [0.2, 0.25) is 0 Å². The lowest BCUT2D eigenvalue weighted by atomic mass is 10.1. The maximum absolute atomic E-state index is 5.92. The van der Waals surface area contributed by atoms with Gasteiger partial charge in [-0.15, -0.1) is 5.10 Å². The minimum atomic E-state index is 0.146. The number of hydrogen-bond donors (Lipinski definition) is 2. The van der Waals surface area contributed by atoms with Gasteiger partial charge in [0.25, 0.3) is 0 Å². The number of aromatic amines is 1. The second-order valence-electron chi connectivity index (χ2n) is 6.14. The molecule has 0 unspecified atom stereocenters. The summed E-state index contributed by atoms with van der Waals surface area (Å²) in [4.78, 5) is 3.33. The summed E-state index contributed by atoms with van der Waals surface area (Å²) in [5.74, 6) is 0. The van der Waals surface area contributed by atoms with E-state index >= 15 is 0 Å². The average Bonchev–Trinajstić information content (AvgIpc) is 3.22. The van der Waals surface area contributed by atoms with E-state index in [1.54, 1.807) is 4.68 Å². The molecule has 120 valence electrons. The highest BCUT2D eigenvalue weighted by Gasteiger charge is 2.09. The van der Waals surface area contributed by atoms with Crippen molar-refractivity contribution in [2.24, 2.45) is 5.73 Å². The third kappa shape index (κ3) is 2.70. The molecular formula is C19H19N5. The number of nitrogens with zero attached hydrogens (tertiary/aromatic N) is 3. The van der Waals surface area contributed by atoms with E-state index in [-0.39, 0.29) is 6.04 Å². The van der Waals surface area contributed by atoms with E-state index < -0.39 is 0 Å². The standard InChI is InChI=1S/C19H19N5/c1-13(20)9-15-11-21-18-10-16(7-8-17(15)18)24-12-19(22-23-24)14-5-3-2-4-6-14/h2-8,10-13,21H,9,20H2,1H3/t13-/m1/s1. The fourth-order valence-corrected chi connectivity index (χ4v) is 2.96. The highest BCUT2D eigenvalue weighted by molar-refractivity contribution is 5.85. The Balaban J connectivity index is 1.69. The summed E-state index contributed by atoms with van der Waals surface area (Å²) in [6, 6.07) is 16.5. The van der Waals surface area contributed by atoms with Gasteiger partial charge in [0.15, 0.2) is 0 Å². The van der Waals surface area contributed by atoms with Crippen LogP contribution in [-0.4, -0.2) is 26.0 Å². The molecule has 5 nitrogen and oxygen atoms in total. The Morgan fingerprint density at radius 1 is 1.17 bits per heavy atom. The SMILES string of the molecule is C[C@@H](N)Cc1c[nH]c2cc(-n3cc(-c4ccccc4)nn3)ccc12. The number of nitrogens with two attached hydrogens (primary N) is 1. The summed E-state index contributed by atoms with van der Waals surface area (Å²) in [5.41, 5.74) is 11.1. The molecule has 24 heavy (non-hydrogen) atoms. The molecule has 3 N–H and O–H groups in total. The molecule has 0 aliphatic heterocycles. The molecular weight excluding hydrogens is 298 g/mol. The van der Waals surface area contributed by atoms with Gasteiger partial charge in [0.05, 0.1) is 11.9 Å². The van der Waals surface area contributed by atoms with Crippen LogP contribution >= 0.6 is 0 Å². The number of H-pyrrole nitrogens is 1. The van der Waals surface area contributed by atoms with Crippen LogP contribution in [0.3, 0.4) is 0 Å². The van der Waals surface area contributed by atoms with Crippen molar-refractivity contribution in [3.63, 3.8) is 0 Å². The van der Waals surface area contributed by atoms with Crippen molar-refractivity contribution < 1.29 is 0 Å². The maximum Gasteiger partial charge on any atom is 0.113 e. The highest BCUT2D eigenvalue weighted by Crippen LogP contribution is 2.23. The van der Waals surface area contributed by atoms with Crippen LogP contribution in [0.15, 0.2) is 60.9 Å². The molecule has 1 atom stereocenters. The van der Waals surface area contributed by atoms with Crippen molar-refractivity contribution >= 4 is 10.9 Å². The first-order chi connectivity index (χ1) is 11.7. The van der Waals surface area contributed by atoms with Crippen molar-refractivity contribution in [2.75, 3.05) is 0 Å². The zero-order chi connectivity index (χ0) is 16.5. The number of hydrogen-bond acceptors (Lipinski definition) is 3. The summed E-state index contributed by atoms with van der Waals surface area (Å²) < 4.78 is 1.80. The summed E-state index contributed by atoms with van der Waals surface area (Å²) in [7, 11) is 0. The molecule has 4 rings (SSSR count). The van der Waals surface area contributed by atoms with Gasteiger partial charge in [-0.05, 0) is 31.0 Å². The first kappa shape index (κ1) is 14.7. The lowest BCUT2D eigenvalue weighted by Crippen LogP contribution is -2.17. The largest absolute Gasteiger partial charge is 0.361 e. The fourth-order valence-electron chi connectivity index (χ4n) is 2.96. The van der Waals surface area contributed by atoms with Crippen molar-refractivity contribution in [3.8, 4) is 16.9 Å². The van der Waals surface area contributed by atoms with Crippen LogP contribution in [0.25, 0.3) is 27.8 Å². The predicted octanol–water partition coefficient (Wildman–Crippen LogP) is 3.31. The van der Waals surface area contributed by atoms with E-state index in [1.807, 2.05) is 49.6 Å². The van der Waals surface area contributed by atoms with E-state index in [0.29, 0.717) is 0 Å². The summed E-state index contributed by atoms with van der Waals surface area (Å²) in [6.07, 6.45) is 4.84. The van der Waals surface area contributed by atoms with Crippen molar-refractivity contribution in [1.29, 1.82) is 0 Å². The third-order valence-corrected chi connectivity index (χ3v) is 4.12. The van der Waals surface area contributed by atoms with Crippen molar-refractivity contribution in [1.82, 2.24) is 20.0 Å². The van der Waals surface area contributed by atoms with Gasteiger partial charge < -0.3 is 10.7 Å². The van der Waals surface area contributed by atoms with Crippen LogP contribution in [-0.2, 0) is 6.42 Å². The first-order valence-electron chi connectivity index (χ1n) is 8.04. The Labute approximate surface area is 140 Å². The van der Waals surface area contributed by atoms with Crippen LogP contribution in [0.4, 0.5) is 0 Å². The zero-order valence-corrected chi connectivity index (χ0v) is 13.5. The molecule has 0 amide bonds. The molecule has 0 aliphatic rings. The van der Waals surface area contributed by atoms with E-state index in [1.165, 1.54) is 10.9 Å². The smallest absolute Gasteiger partial charge is 0.113 e. The molecule has 0 spiro atoms. The summed E-state index contributed by atoms with van der Waals surface area (Å²) >= 11 is 0. The normalized spacial score (nSPS) is 12.6. The molecule has 0 saturated carbocycles. The van der Waals surface area contributed by atoms with E-state index in [4.69, 9.17) is 5.73 Å². The van der Waals surface area contributed by atoms with Crippen LogP contribution in [0, 0.1) is 0 Å². The Kier molecular flexibility index (Phi) is 3.63. The molecule has 0 bridgehead atoms. The van der Waals surface area contributed by atoms with Gasteiger partial charge in [-0.1, -0.05) is 41.6 Å². The summed E-state index contributed by atoms with van der Waals surface area (Å²) in [5, 5.41) is 9.74. The van der Waals surface area contributed by atoms with E-state index in [9.17, 15) is 0 Å². The van der Waals surface area contributed by atoms with Gasteiger partial charge in [0.1, 0.15) is 5.69 Å². The second-order valence-corrected chi connectivity index (χ2v) is 6.14. The monoisotopic (exact) mass is 317 g/mol. The first-order valence-corrected chi connectivity index (χ1v) is 8.04. The Morgan fingerprint density at radius 2 is 2.00 bits per heavy atom. The molecule has 0 saturated heterocycles. The van der Waals surface area contributed by atoms with E-state index in [2.05, 4.69) is 33.5 Å². The van der Waals surface area contributed by atoms with Gasteiger partial charge >= 0.3 is 0 Å². The Morgan fingerprint density at radius 3 is 2.79 bits per heavy atom. The molecule has 5 heteroatoms. The average molecular weight is 317 g/mol. The highest BCUT2D eigenvalue weighted by atomic mass is 15.4. The van der Waals surface area contributed by atoms with Crippen LogP contribution in [0.5, 0.6) is 0 Å². The van der Waals surface area contributed by atoms with Gasteiger partial charge in [-0.25, -0.2) is 4.68 Å². The molecule has 0 fully saturated rings. The van der Waals surface area contributed by atoms with E-state index in [0.717, 1.165) is 28.9 Å². The van der Waals surface area contributed by atoms with Crippen LogP contribution in [0.1, 0.15) is 12.5 Å². The summed E-state index contributed by atoms with van der Waals surface area (Å²) in [6.45, 7) is 2.02. The molecule has 2 heterocycles. The second kappa shape index (κ2) is 5.94. The minimum Gasteiger partial charge on any atom is -0.361 e. The Hall–Kier alpha value is -2.92. The molecule has 0 radical (unpaired) electrons. The molecule has 2 aromatic heterocycles. The van der Waals surface area contributed by atoms with Gasteiger partial charge in [-0.2, -0.15) is 0 Å². The fraction of sp³-hybridized carbons (Fsp3) is 0.158. The number of rotatable bonds is 4. The Bertz CT molecular complexity index is 966. The van der Waals surface area contributed by atoms with Crippen molar-refractivity contribution in [3.05, 3.63) is 66.5 Å². The number of benzene rings is 2. The van der Waals surface area contributed by atoms with Crippen LogP contribution < -0.4 is 5.73 Å². The molecule has 2 aromatic carbocycles. The lowest BCUT2D eigenvalue weighted by Gasteiger charge is -2.04. The number of aromatic nitrogens is 4. The topological polar surface area (TPSA) is 72.5 Å². The lowest BCUT2D eigenvalue weighted by molar-refractivity contribution is 0.741. The predicted molar refractivity (Wildman–Crippen MR) is 96.0 cm³/mol. The minimum absolute atomic E-state index is 0.146. The number of fused-ring (bicyclic) bond motifs is 1.